The Hall–Kier alpha value is -3.17. The third-order valence-corrected chi connectivity index (χ3v) is 7.78. The zero-order valence-corrected chi connectivity index (χ0v) is 19.9. The van der Waals surface area contributed by atoms with Crippen molar-refractivity contribution in [3.63, 3.8) is 0 Å². The Morgan fingerprint density at radius 3 is 2.40 bits per heavy atom. The molecular formula is C26H31NO8. The number of hydrogen-bond donors (Lipinski definition) is 6. The van der Waals surface area contributed by atoms with Crippen molar-refractivity contribution in [2.45, 2.75) is 58.2 Å². The van der Waals surface area contributed by atoms with Crippen molar-refractivity contribution in [2.24, 2.45) is 29.4 Å². The van der Waals surface area contributed by atoms with Gasteiger partial charge in [0.05, 0.1) is 11.7 Å². The minimum absolute atomic E-state index is 0.0700. The Morgan fingerprint density at radius 1 is 1.17 bits per heavy atom. The summed E-state index contributed by atoms with van der Waals surface area (Å²) < 4.78 is 0. The van der Waals surface area contributed by atoms with Crippen LogP contribution in [0.15, 0.2) is 29.0 Å². The van der Waals surface area contributed by atoms with Gasteiger partial charge < -0.3 is 31.3 Å². The first-order valence-corrected chi connectivity index (χ1v) is 11.8. The van der Waals surface area contributed by atoms with Crippen molar-refractivity contribution in [2.75, 3.05) is 0 Å². The number of aliphatic hydroxyl groups excluding tert-OH is 3. The average Bonchev–Trinajstić information content (AvgIpc) is 2.75. The van der Waals surface area contributed by atoms with Gasteiger partial charge in [-0.2, -0.15) is 0 Å². The fourth-order valence-corrected chi connectivity index (χ4v) is 6.15. The maximum absolute atomic E-state index is 13.8. The number of fused-ring (bicyclic) bond motifs is 3. The molecule has 0 aromatic heterocycles. The van der Waals surface area contributed by atoms with E-state index >= 15 is 0 Å². The number of rotatable bonds is 5. The monoisotopic (exact) mass is 485 g/mol. The molecule has 1 aromatic carbocycles. The Labute approximate surface area is 202 Å². The minimum atomic E-state index is -2.61. The number of phenolic OH excluding ortho intramolecular Hbond substituents is 1. The summed E-state index contributed by atoms with van der Waals surface area (Å²) in [7, 11) is 0. The van der Waals surface area contributed by atoms with Gasteiger partial charge in [-0.15, -0.1) is 0 Å². The molecule has 1 saturated carbocycles. The number of phenols is 1. The molecule has 0 bridgehead atoms. The minimum Gasteiger partial charge on any atom is -0.508 e. The molecule has 0 aliphatic heterocycles. The lowest BCUT2D eigenvalue weighted by atomic mass is 9.54. The quantitative estimate of drug-likeness (QED) is 0.341. The smallest absolute Gasteiger partial charge is 0.255 e. The number of carbonyl (C=O) groups is 3. The fraction of sp³-hybridized carbons (Fsp3) is 0.500. The van der Waals surface area contributed by atoms with E-state index in [0.29, 0.717) is 18.4 Å². The molecule has 0 spiro atoms. The highest BCUT2D eigenvalue weighted by Crippen LogP contribution is 2.54. The zero-order chi connectivity index (χ0) is 26.0. The van der Waals surface area contributed by atoms with Gasteiger partial charge in [-0.25, -0.2) is 0 Å². The van der Waals surface area contributed by atoms with E-state index in [4.69, 9.17) is 5.73 Å². The highest BCUT2D eigenvalue weighted by molar-refractivity contribution is 6.23. The van der Waals surface area contributed by atoms with E-state index in [2.05, 4.69) is 0 Å². The first kappa shape index (κ1) is 24.9. The van der Waals surface area contributed by atoms with Crippen LogP contribution in [0, 0.1) is 23.7 Å². The number of aryl methyl sites for hydroxylation is 1. The summed E-state index contributed by atoms with van der Waals surface area (Å²) in [6, 6.07) is 3.11. The highest BCUT2D eigenvalue weighted by Gasteiger charge is 2.64. The molecule has 1 aromatic rings. The molecule has 3 aliphatic carbocycles. The van der Waals surface area contributed by atoms with E-state index in [1.165, 1.54) is 6.07 Å². The summed E-state index contributed by atoms with van der Waals surface area (Å²) in [6.07, 6.45) is 0.720. The topological polar surface area (TPSA) is 178 Å². The van der Waals surface area contributed by atoms with Gasteiger partial charge in [0.2, 0.25) is 5.78 Å². The molecule has 9 nitrogen and oxygen atoms in total. The number of primary amides is 1. The van der Waals surface area contributed by atoms with E-state index in [1.807, 2.05) is 0 Å². The van der Waals surface area contributed by atoms with E-state index in [9.17, 15) is 39.9 Å². The van der Waals surface area contributed by atoms with Crippen molar-refractivity contribution in [1.82, 2.24) is 0 Å². The first-order valence-electron chi connectivity index (χ1n) is 11.8. The molecule has 0 radical (unpaired) electrons. The second-order valence-corrected chi connectivity index (χ2v) is 10.3. The van der Waals surface area contributed by atoms with E-state index < -0.39 is 64.0 Å². The van der Waals surface area contributed by atoms with E-state index in [-0.39, 0.29) is 35.6 Å². The molecule has 0 heterocycles. The van der Waals surface area contributed by atoms with Crippen LogP contribution >= 0.6 is 0 Å². The van der Waals surface area contributed by atoms with Crippen LogP contribution in [0.3, 0.4) is 0 Å². The fourth-order valence-electron chi connectivity index (χ4n) is 6.15. The Kier molecular flexibility index (Phi) is 6.05. The summed E-state index contributed by atoms with van der Waals surface area (Å²) in [5, 5.41) is 53.9. The van der Waals surface area contributed by atoms with Gasteiger partial charge in [-0.3, -0.25) is 14.4 Å². The van der Waals surface area contributed by atoms with Crippen LogP contribution in [0.25, 0.3) is 5.76 Å². The van der Waals surface area contributed by atoms with Crippen LogP contribution < -0.4 is 5.73 Å². The molecule has 1 fully saturated rings. The molecule has 1 unspecified atom stereocenters. The first-order chi connectivity index (χ1) is 16.3. The van der Waals surface area contributed by atoms with Crippen LogP contribution in [0.4, 0.5) is 0 Å². The number of Topliss-reactive ketones (excluding diaryl/α,β-unsaturated/α-hetero) is 2. The van der Waals surface area contributed by atoms with Crippen LogP contribution in [0.1, 0.15) is 50.3 Å². The highest BCUT2D eigenvalue weighted by atomic mass is 16.3. The Morgan fingerprint density at radius 2 is 1.83 bits per heavy atom. The average molecular weight is 486 g/mol. The Balaban J connectivity index is 1.92. The number of benzene rings is 1. The number of hydrogen-bond acceptors (Lipinski definition) is 8. The van der Waals surface area contributed by atoms with Crippen LogP contribution in [-0.2, 0) is 27.2 Å². The third-order valence-electron chi connectivity index (χ3n) is 7.78. The van der Waals surface area contributed by atoms with Crippen molar-refractivity contribution in [1.29, 1.82) is 0 Å². The lowest BCUT2D eigenvalue weighted by Gasteiger charge is -2.50. The summed E-state index contributed by atoms with van der Waals surface area (Å²) in [5.41, 5.74) is 3.28. The largest absolute Gasteiger partial charge is 0.508 e. The van der Waals surface area contributed by atoms with E-state index in [0.717, 1.165) is 5.56 Å². The van der Waals surface area contributed by atoms with Crippen molar-refractivity contribution in [3.05, 3.63) is 45.7 Å². The molecule has 1 amide bonds. The molecule has 9 heteroatoms. The van der Waals surface area contributed by atoms with Crippen molar-refractivity contribution < 1.29 is 39.9 Å². The number of ketones is 2. The van der Waals surface area contributed by atoms with Crippen molar-refractivity contribution in [3.8, 4) is 5.75 Å². The van der Waals surface area contributed by atoms with Gasteiger partial charge in [-0.05, 0) is 61.6 Å². The van der Waals surface area contributed by atoms with Crippen LogP contribution in [0.5, 0.6) is 5.75 Å². The number of nitrogens with two attached hydrogens (primary N) is 1. The number of aliphatic hydroxyl groups is 4. The van der Waals surface area contributed by atoms with Crippen LogP contribution in [-0.4, -0.2) is 54.7 Å². The van der Waals surface area contributed by atoms with Gasteiger partial charge in [-0.1, -0.05) is 19.9 Å². The molecule has 7 N–H and O–H groups in total. The second kappa shape index (κ2) is 8.49. The molecular weight excluding hydrogens is 454 g/mol. The molecule has 0 saturated heterocycles. The molecule has 3 aliphatic rings. The van der Waals surface area contributed by atoms with Crippen molar-refractivity contribution >= 4 is 23.2 Å². The summed E-state index contributed by atoms with van der Waals surface area (Å²) >= 11 is 0. The second-order valence-electron chi connectivity index (χ2n) is 10.3. The normalized spacial score (nSPS) is 29.1. The number of carbonyl (C=O) groups excluding carboxylic acids is 3. The van der Waals surface area contributed by atoms with Gasteiger partial charge in [0.1, 0.15) is 22.8 Å². The van der Waals surface area contributed by atoms with Crippen LogP contribution in [0.2, 0.25) is 0 Å². The molecule has 35 heavy (non-hydrogen) atoms. The van der Waals surface area contributed by atoms with Gasteiger partial charge in [0.15, 0.2) is 11.4 Å². The number of aromatic hydroxyl groups is 1. The van der Waals surface area contributed by atoms with Gasteiger partial charge in [0.25, 0.3) is 5.91 Å². The standard InChI is InChI=1S/C26H31NO8/c1-10(2)17-15-9-13-8-14-12(5-4-11(3)28)6-7-16(29)19(14)22(31)18(13)23(32)26(15,35)24(33)20(21(17)30)25(27)34/h6-7,10-11,13,15,17,28-29,31,33,35H,4-5,8-9H2,1-3H3,(H2,27,34)/t11?,13-,15-,17-,26-/m0/s1. The van der Waals surface area contributed by atoms with Gasteiger partial charge in [0, 0.05) is 17.4 Å². The maximum Gasteiger partial charge on any atom is 0.255 e. The molecule has 5 atom stereocenters. The lowest BCUT2D eigenvalue weighted by molar-refractivity contribution is -0.155. The third kappa shape index (κ3) is 3.56. The zero-order valence-electron chi connectivity index (χ0n) is 19.9. The SMILES string of the molecule is CC(O)CCc1ccc(O)c2c1C[C@H]1C[C@H]3[C@H](C(C)C)C(=O)C(C(N)=O)=C(O)[C@@]3(O)C(=O)C1=C2O. The van der Waals surface area contributed by atoms with E-state index in [1.54, 1.807) is 26.8 Å². The number of amides is 1. The summed E-state index contributed by atoms with van der Waals surface area (Å²) in [4.78, 5) is 38.9. The maximum atomic E-state index is 13.8. The molecule has 4 rings (SSSR count). The summed E-state index contributed by atoms with van der Waals surface area (Å²) in [6.45, 7) is 5.11. The lowest BCUT2D eigenvalue weighted by Crippen LogP contribution is -2.62. The predicted molar refractivity (Wildman–Crippen MR) is 125 cm³/mol. The Bertz CT molecular complexity index is 1190. The molecule has 188 valence electrons. The summed E-state index contributed by atoms with van der Waals surface area (Å²) in [5.74, 6) is -7.76. The van der Waals surface area contributed by atoms with Gasteiger partial charge >= 0.3 is 0 Å². The predicted octanol–water partition coefficient (Wildman–Crippen LogP) is 1.62.